The van der Waals surface area contributed by atoms with E-state index in [1.807, 2.05) is 32.4 Å². The predicted octanol–water partition coefficient (Wildman–Crippen LogP) is 2.57. The van der Waals surface area contributed by atoms with E-state index in [1.165, 1.54) is 0 Å². The summed E-state index contributed by atoms with van der Waals surface area (Å²) in [5.74, 6) is 0. The van der Waals surface area contributed by atoms with E-state index in [0.29, 0.717) is 17.9 Å². The van der Waals surface area contributed by atoms with Crippen molar-refractivity contribution in [2.75, 3.05) is 0 Å². The molecule has 0 radical (unpaired) electrons. The molecule has 1 rings (SSSR count). The Morgan fingerprint density at radius 3 is 2.53 bits per heavy atom. The van der Waals surface area contributed by atoms with E-state index in [-0.39, 0.29) is 0 Å². The van der Waals surface area contributed by atoms with Crippen LogP contribution in [0, 0.1) is 6.92 Å². The summed E-state index contributed by atoms with van der Waals surface area (Å²) >= 11 is 6.16. The summed E-state index contributed by atoms with van der Waals surface area (Å²) in [4.78, 5) is 0. The molecule has 0 aromatic carbocycles. The molecule has 0 saturated heterocycles. The first-order chi connectivity index (χ1) is 6.91. The largest absolute Gasteiger partial charge is 0.390 e. The number of rotatable bonds is 4. The molecule has 0 spiro atoms. The molecule has 1 aromatic heterocycles. The summed E-state index contributed by atoms with van der Waals surface area (Å²) < 4.78 is 1.86. The van der Waals surface area contributed by atoms with Gasteiger partial charge in [0.05, 0.1) is 22.0 Å². The minimum absolute atomic E-state index is 0.553. The van der Waals surface area contributed by atoms with Crippen molar-refractivity contribution in [1.29, 1.82) is 0 Å². The number of halogens is 1. The monoisotopic (exact) mass is 230 g/mol. The average molecular weight is 231 g/mol. The van der Waals surface area contributed by atoms with Crippen molar-refractivity contribution in [1.82, 2.24) is 9.78 Å². The van der Waals surface area contributed by atoms with Crippen LogP contribution in [0.3, 0.4) is 0 Å². The molecule has 15 heavy (non-hydrogen) atoms. The van der Waals surface area contributed by atoms with Gasteiger partial charge in [0.15, 0.2) is 0 Å². The number of nitrogens with zero attached hydrogens (tertiary/aromatic N) is 2. The minimum atomic E-state index is -0.705. The number of aromatic nitrogens is 2. The standard InChI is InChI=1S/C11H19ClN2O/c1-5-11(4,15)7-9-10(12)8(3)13-14(9)6-2/h15H,5-7H2,1-4H3. The molecule has 0 aliphatic heterocycles. The van der Waals surface area contributed by atoms with Gasteiger partial charge in [-0.2, -0.15) is 5.10 Å². The average Bonchev–Trinajstić information content (AvgIpc) is 2.45. The van der Waals surface area contributed by atoms with Gasteiger partial charge in [-0.15, -0.1) is 0 Å². The Morgan fingerprint density at radius 1 is 1.47 bits per heavy atom. The van der Waals surface area contributed by atoms with Crippen LogP contribution in [-0.2, 0) is 13.0 Å². The third kappa shape index (κ3) is 2.73. The summed E-state index contributed by atoms with van der Waals surface area (Å²) in [7, 11) is 0. The summed E-state index contributed by atoms with van der Waals surface area (Å²) in [6, 6.07) is 0. The van der Waals surface area contributed by atoms with E-state index in [9.17, 15) is 5.11 Å². The highest BCUT2D eigenvalue weighted by Crippen LogP contribution is 2.25. The van der Waals surface area contributed by atoms with E-state index in [1.54, 1.807) is 0 Å². The summed E-state index contributed by atoms with van der Waals surface area (Å²) in [5, 5.41) is 15.0. The van der Waals surface area contributed by atoms with Crippen molar-refractivity contribution < 1.29 is 5.11 Å². The lowest BCUT2D eigenvalue weighted by Crippen LogP contribution is -2.27. The quantitative estimate of drug-likeness (QED) is 0.864. The van der Waals surface area contributed by atoms with Gasteiger partial charge in [-0.3, -0.25) is 4.68 Å². The van der Waals surface area contributed by atoms with Crippen molar-refractivity contribution in [3.8, 4) is 0 Å². The number of aryl methyl sites for hydroxylation is 2. The van der Waals surface area contributed by atoms with Crippen molar-refractivity contribution in [3.63, 3.8) is 0 Å². The maximum absolute atomic E-state index is 10.0. The van der Waals surface area contributed by atoms with Crippen LogP contribution in [-0.4, -0.2) is 20.5 Å². The third-order valence-corrected chi connectivity index (χ3v) is 3.25. The van der Waals surface area contributed by atoms with Crippen LogP contribution in [0.25, 0.3) is 0 Å². The molecular weight excluding hydrogens is 212 g/mol. The van der Waals surface area contributed by atoms with Gasteiger partial charge in [0.2, 0.25) is 0 Å². The molecule has 1 atom stereocenters. The molecule has 1 aromatic rings. The van der Waals surface area contributed by atoms with Crippen molar-refractivity contribution in [2.45, 2.75) is 52.7 Å². The number of hydrogen-bond donors (Lipinski definition) is 1. The first kappa shape index (κ1) is 12.5. The van der Waals surface area contributed by atoms with Gasteiger partial charge < -0.3 is 5.11 Å². The molecule has 4 heteroatoms. The fourth-order valence-electron chi connectivity index (χ4n) is 1.52. The summed E-state index contributed by atoms with van der Waals surface area (Å²) in [6.07, 6.45) is 1.26. The molecule has 86 valence electrons. The zero-order valence-corrected chi connectivity index (χ0v) is 10.6. The van der Waals surface area contributed by atoms with Gasteiger partial charge in [0, 0.05) is 13.0 Å². The van der Waals surface area contributed by atoms with Crippen molar-refractivity contribution in [3.05, 3.63) is 16.4 Å². The minimum Gasteiger partial charge on any atom is -0.390 e. The van der Waals surface area contributed by atoms with Crippen molar-refractivity contribution >= 4 is 11.6 Å². The first-order valence-corrected chi connectivity index (χ1v) is 5.73. The molecule has 3 nitrogen and oxygen atoms in total. The fraction of sp³-hybridized carbons (Fsp3) is 0.727. The lowest BCUT2D eigenvalue weighted by atomic mass is 9.97. The van der Waals surface area contributed by atoms with Crippen LogP contribution < -0.4 is 0 Å². The highest BCUT2D eigenvalue weighted by Gasteiger charge is 2.23. The normalized spacial score (nSPS) is 15.3. The number of aliphatic hydroxyl groups is 1. The van der Waals surface area contributed by atoms with Crippen LogP contribution in [0.5, 0.6) is 0 Å². The molecule has 0 amide bonds. The summed E-state index contributed by atoms with van der Waals surface area (Å²) in [5.41, 5.74) is 1.06. The highest BCUT2D eigenvalue weighted by atomic mass is 35.5. The van der Waals surface area contributed by atoms with E-state index in [2.05, 4.69) is 5.10 Å². The van der Waals surface area contributed by atoms with E-state index < -0.39 is 5.60 Å². The molecule has 1 N–H and O–H groups in total. The van der Waals surface area contributed by atoms with Crippen LogP contribution in [0.1, 0.15) is 38.6 Å². The molecule has 0 fully saturated rings. The Labute approximate surface area is 96.1 Å². The van der Waals surface area contributed by atoms with Crippen LogP contribution in [0.15, 0.2) is 0 Å². The summed E-state index contributed by atoms with van der Waals surface area (Å²) in [6.45, 7) is 8.48. The fourth-order valence-corrected chi connectivity index (χ4v) is 1.73. The van der Waals surface area contributed by atoms with E-state index in [4.69, 9.17) is 11.6 Å². The van der Waals surface area contributed by atoms with Crippen LogP contribution in [0.2, 0.25) is 5.02 Å². The maximum atomic E-state index is 10.0. The Kier molecular flexibility index (Phi) is 3.79. The first-order valence-electron chi connectivity index (χ1n) is 5.35. The molecule has 0 aliphatic rings. The van der Waals surface area contributed by atoms with Gasteiger partial charge >= 0.3 is 0 Å². The Bertz CT molecular complexity index is 345. The van der Waals surface area contributed by atoms with Gasteiger partial charge in [0.25, 0.3) is 0 Å². The second-order valence-corrected chi connectivity index (χ2v) is 4.57. The van der Waals surface area contributed by atoms with Gasteiger partial charge in [-0.25, -0.2) is 0 Å². The van der Waals surface area contributed by atoms with E-state index >= 15 is 0 Å². The highest BCUT2D eigenvalue weighted by molar-refractivity contribution is 6.31. The number of hydrogen-bond acceptors (Lipinski definition) is 2. The van der Waals surface area contributed by atoms with Crippen molar-refractivity contribution in [2.24, 2.45) is 0 Å². The lowest BCUT2D eigenvalue weighted by Gasteiger charge is -2.21. The van der Waals surface area contributed by atoms with Crippen LogP contribution >= 0.6 is 11.6 Å². The van der Waals surface area contributed by atoms with Crippen LogP contribution in [0.4, 0.5) is 0 Å². The third-order valence-electron chi connectivity index (χ3n) is 2.76. The molecule has 1 heterocycles. The zero-order chi connectivity index (χ0) is 11.6. The Hall–Kier alpha value is -0.540. The second kappa shape index (κ2) is 4.54. The molecule has 0 saturated carbocycles. The lowest BCUT2D eigenvalue weighted by molar-refractivity contribution is 0.0543. The molecular formula is C11H19ClN2O. The zero-order valence-electron chi connectivity index (χ0n) is 9.84. The molecule has 0 aliphatic carbocycles. The molecule has 0 bridgehead atoms. The van der Waals surface area contributed by atoms with Gasteiger partial charge in [-0.1, -0.05) is 18.5 Å². The smallest absolute Gasteiger partial charge is 0.0848 e. The van der Waals surface area contributed by atoms with Gasteiger partial charge in [-0.05, 0) is 27.2 Å². The SMILES string of the molecule is CCn1nc(C)c(Cl)c1CC(C)(O)CC. The Morgan fingerprint density at radius 2 is 2.07 bits per heavy atom. The van der Waals surface area contributed by atoms with E-state index in [0.717, 1.165) is 17.9 Å². The van der Waals surface area contributed by atoms with Gasteiger partial charge in [0.1, 0.15) is 0 Å². The topological polar surface area (TPSA) is 38.0 Å². The second-order valence-electron chi connectivity index (χ2n) is 4.19. The maximum Gasteiger partial charge on any atom is 0.0848 e. The predicted molar refractivity (Wildman–Crippen MR) is 62.3 cm³/mol. The Balaban J connectivity index is 3.03. The molecule has 1 unspecified atom stereocenters.